The molecule has 8 nitrogen and oxygen atoms in total. The minimum absolute atomic E-state index is 0.0155. The highest BCUT2D eigenvalue weighted by molar-refractivity contribution is 7.89. The van der Waals surface area contributed by atoms with Crippen LogP contribution in [0.1, 0.15) is 23.9 Å². The van der Waals surface area contributed by atoms with Crippen LogP contribution in [0.4, 0.5) is 0 Å². The summed E-state index contributed by atoms with van der Waals surface area (Å²) in [6.07, 6.45) is 0. The first-order valence-electron chi connectivity index (χ1n) is 9.90. The highest BCUT2D eigenvalue weighted by Crippen LogP contribution is 2.24. The average Bonchev–Trinajstić information content (AvgIpc) is 3.07. The van der Waals surface area contributed by atoms with Crippen LogP contribution >= 0.6 is 11.6 Å². The number of hydrogen-bond acceptors (Lipinski definition) is 6. The Hall–Kier alpha value is -1.94. The molecule has 0 spiro atoms. The van der Waals surface area contributed by atoms with Gasteiger partial charge >= 0.3 is 0 Å². The lowest BCUT2D eigenvalue weighted by atomic mass is 10.2. The van der Waals surface area contributed by atoms with Crippen molar-refractivity contribution in [2.75, 3.05) is 39.3 Å². The van der Waals surface area contributed by atoms with Gasteiger partial charge in [-0.05, 0) is 32.0 Å². The first-order chi connectivity index (χ1) is 14.2. The number of carbonyl (C=O) groups is 1. The van der Waals surface area contributed by atoms with Crippen molar-refractivity contribution < 1.29 is 17.7 Å². The van der Waals surface area contributed by atoms with Gasteiger partial charge in [0, 0.05) is 37.7 Å². The predicted octanol–water partition coefficient (Wildman–Crippen LogP) is 2.30. The van der Waals surface area contributed by atoms with E-state index in [9.17, 15) is 13.2 Å². The molecule has 30 heavy (non-hydrogen) atoms. The molecule has 0 aliphatic carbocycles. The number of piperazine rings is 1. The topological polar surface area (TPSA) is 87.0 Å². The third-order valence-corrected chi connectivity index (χ3v) is 7.83. The number of aromatic nitrogens is 1. The normalized spacial score (nSPS) is 15.7. The molecule has 1 saturated heterocycles. The zero-order valence-corrected chi connectivity index (χ0v) is 19.0. The summed E-state index contributed by atoms with van der Waals surface area (Å²) < 4.78 is 32.3. The molecule has 3 rings (SSSR count). The number of rotatable bonds is 7. The summed E-state index contributed by atoms with van der Waals surface area (Å²) >= 11 is 6.24. The van der Waals surface area contributed by atoms with Gasteiger partial charge < -0.3 is 9.42 Å². The van der Waals surface area contributed by atoms with E-state index in [4.69, 9.17) is 16.1 Å². The molecule has 164 valence electrons. The van der Waals surface area contributed by atoms with Gasteiger partial charge in [-0.2, -0.15) is 4.31 Å². The fourth-order valence-corrected chi connectivity index (χ4v) is 5.50. The van der Waals surface area contributed by atoms with Crippen molar-refractivity contribution in [3.05, 3.63) is 46.3 Å². The van der Waals surface area contributed by atoms with Gasteiger partial charge in [0.25, 0.3) is 0 Å². The van der Waals surface area contributed by atoms with Gasteiger partial charge in [-0.25, -0.2) is 8.42 Å². The summed E-state index contributed by atoms with van der Waals surface area (Å²) in [6, 6.07) is 7.60. The lowest BCUT2D eigenvalue weighted by Gasteiger charge is -2.35. The first kappa shape index (κ1) is 22.7. The largest absolute Gasteiger partial charge is 0.360 e. The second kappa shape index (κ2) is 9.47. The van der Waals surface area contributed by atoms with Crippen LogP contribution < -0.4 is 0 Å². The van der Waals surface area contributed by atoms with Gasteiger partial charge in [-0.1, -0.05) is 41.9 Å². The number of sulfonamides is 1. The van der Waals surface area contributed by atoms with Crippen LogP contribution in [-0.2, 0) is 21.4 Å². The van der Waals surface area contributed by atoms with Crippen LogP contribution in [0.25, 0.3) is 0 Å². The van der Waals surface area contributed by atoms with E-state index in [1.165, 1.54) is 4.31 Å². The second-order valence-electron chi connectivity index (χ2n) is 7.33. The molecule has 1 amide bonds. The number of halogens is 1. The van der Waals surface area contributed by atoms with Crippen LogP contribution in [0.2, 0.25) is 5.02 Å². The zero-order valence-electron chi connectivity index (χ0n) is 17.5. The summed E-state index contributed by atoms with van der Waals surface area (Å²) in [5.74, 6) is 0.266. The first-order valence-corrected chi connectivity index (χ1v) is 11.7. The maximum Gasteiger partial charge on any atom is 0.248 e. The average molecular weight is 455 g/mol. The highest BCUT2D eigenvalue weighted by atomic mass is 35.5. The van der Waals surface area contributed by atoms with E-state index < -0.39 is 10.0 Å². The minimum atomic E-state index is -3.69. The molecule has 1 aromatic heterocycles. The van der Waals surface area contributed by atoms with Gasteiger partial charge in [0.2, 0.25) is 15.9 Å². The lowest BCUT2D eigenvalue weighted by Crippen LogP contribution is -2.52. The Kier molecular flexibility index (Phi) is 7.18. The van der Waals surface area contributed by atoms with Gasteiger partial charge in [0.05, 0.1) is 6.54 Å². The van der Waals surface area contributed by atoms with E-state index in [0.29, 0.717) is 36.9 Å². The molecule has 0 unspecified atom stereocenters. The van der Waals surface area contributed by atoms with E-state index in [2.05, 4.69) is 5.16 Å². The van der Waals surface area contributed by atoms with Gasteiger partial charge in [0.15, 0.2) is 5.76 Å². The predicted molar refractivity (Wildman–Crippen MR) is 114 cm³/mol. The Morgan fingerprint density at radius 3 is 2.43 bits per heavy atom. The summed E-state index contributed by atoms with van der Waals surface area (Å²) in [6.45, 7) is 7.95. The maximum absolute atomic E-state index is 12.9. The Labute approximate surface area is 182 Å². The number of likely N-dealkylation sites (N-methyl/N-ethyl adjacent to an activating group) is 1. The molecular weight excluding hydrogens is 428 g/mol. The fourth-order valence-electron chi connectivity index (χ4n) is 3.59. The smallest absolute Gasteiger partial charge is 0.248 e. The Bertz CT molecular complexity index is 980. The third-order valence-electron chi connectivity index (χ3n) is 5.31. The van der Waals surface area contributed by atoms with Crippen LogP contribution in [0.3, 0.4) is 0 Å². The number of hydrogen-bond donors (Lipinski definition) is 0. The molecule has 1 aromatic carbocycles. The highest BCUT2D eigenvalue weighted by Gasteiger charge is 2.34. The van der Waals surface area contributed by atoms with E-state index in [1.54, 1.807) is 18.7 Å². The molecular formula is C20H27ClN4O4S. The number of carbonyl (C=O) groups excluding carboxylic acids is 1. The fraction of sp³-hybridized carbons (Fsp3) is 0.500. The maximum atomic E-state index is 12.9. The van der Waals surface area contributed by atoms with Crippen molar-refractivity contribution in [2.24, 2.45) is 0 Å². The van der Waals surface area contributed by atoms with Crippen molar-refractivity contribution >= 4 is 27.5 Å². The van der Waals surface area contributed by atoms with Crippen molar-refractivity contribution in [2.45, 2.75) is 32.2 Å². The van der Waals surface area contributed by atoms with Gasteiger partial charge in [-0.15, -0.1) is 0 Å². The minimum Gasteiger partial charge on any atom is -0.360 e. The van der Waals surface area contributed by atoms with Gasteiger partial charge in [0.1, 0.15) is 10.6 Å². The van der Waals surface area contributed by atoms with Crippen molar-refractivity contribution in [3.8, 4) is 0 Å². The molecule has 1 fully saturated rings. The molecule has 0 saturated carbocycles. The number of aryl methyl sites for hydroxylation is 2. The van der Waals surface area contributed by atoms with E-state index >= 15 is 0 Å². The lowest BCUT2D eigenvalue weighted by molar-refractivity contribution is -0.133. The monoisotopic (exact) mass is 454 g/mol. The molecule has 1 aliphatic rings. The summed E-state index contributed by atoms with van der Waals surface area (Å²) in [4.78, 5) is 16.7. The van der Waals surface area contributed by atoms with Gasteiger partial charge in [-0.3, -0.25) is 9.69 Å². The van der Waals surface area contributed by atoms with Crippen LogP contribution in [0.5, 0.6) is 0 Å². The Morgan fingerprint density at radius 1 is 1.20 bits per heavy atom. The number of benzene rings is 1. The SMILES string of the molecule is CCN(CC(=O)N1CCN(S(=O)(=O)c2c(C)noc2C)CC1)Cc1ccccc1Cl. The standard InChI is InChI=1S/C20H27ClN4O4S/c1-4-23(13-17-7-5-6-8-18(17)21)14-19(26)24-9-11-25(12-10-24)30(27,28)20-15(2)22-29-16(20)3/h5-8H,4,9-14H2,1-3H3. The third kappa shape index (κ3) is 4.85. The molecule has 0 atom stereocenters. The molecule has 10 heteroatoms. The summed E-state index contributed by atoms with van der Waals surface area (Å²) in [5.41, 5.74) is 1.33. The number of amides is 1. The molecule has 0 N–H and O–H groups in total. The van der Waals surface area contributed by atoms with E-state index in [-0.39, 0.29) is 36.2 Å². The van der Waals surface area contributed by atoms with Crippen LogP contribution in [-0.4, -0.2) is 72.9 Å². The number of nitrogens with zero attached hydrogens (tertiary/aromatic N) is 4. The van der Waals surface area contributed by atoms with Crippen molar-refractivity contribution in [3.63, 3.8) is 0 Å². The van der Waals surface area contributed by atoms with Crippen LogP contribution in [0.15, 0.2) is 33.7 Å². The Balaban J connectivity index is 1.59. The second-order valence-corrected chi connectivity index (χ2v) is 9.61. The molecule has 2 aromatic rings. The van der Waals surface area contributed by atoms with Crippen molar-refractivity contribution in [1.29, 1.82) is 0 Å². The summed E-state index contributed by atoms with van der Waals surface area (Å²) in [7, 11) is -3.69. The van der Waals surface area contributed by atoms with Crippen LogP contribution in [0, 0.1) is 13.8 Å². The van der Waals surface area contributed by atoms with E-state index in [0.717, 1.165) is 5.56 Å². The molecule has 1 aliphatic heterocycles. The van der Waals surface area contributed by atoms with E-state index in [1.807, 2.05) is 36.1 Å². The zero-order chi connectivity index (χ0) is 21.9. The molecule has 0 bridgehead atoms. The van der Waals surface area contributed by atoms with Crippen molar-refractivity contribution in [1.82, 2.24) is 19.3 Å². The summed E-state index contributed by atoms with van der Waals surface area (Å²) in [5, 5.41) is 4.42. The quantitative estimate of drug-likeness (QED) is 0.638. The molecule has 0 radical (unpaired) electrons. The Morgan fingerprint density at radius 2 is 1.87 bits per heavy atom. The molecule has 2 heterocycles.